The Bertz CT molecular complexity index is 526. The van der Waals surface area contributed by atoms with E-state index in [0.29, 0.717) is 17.7 Å². The van der Waals surface area contributed by atoms with Crippen molar-refractivity contribution >= 4 is 0 Å². The first-order chi connectivity index (χ1) is 8.58. The van der Waals surface area contributed by atoms with Crippen LogP contribution in [0.3, 0.4) is 0 Å². The molecule has 1 N–H and O–H groups in total. The summed E-state index contributed by atoms with van der Waals surface area (Å²) in [5.74, 6) is -0.810. The number of benzene rings is 1. The topological polar surface area (TPSA) is 38.1 Å². The first-order valence-electron chi connectivity index (χ1n) is 5.66. The molecule has 0 aliphatic carbocycles. The molecule has 0 aliphatic heterocycles. The van der Waals surface area contributed by atoms with Crippen molar-refractivity contribution in [2.75, 3.05) is 0 Å². The number of aryl methyl sites for hydroxylation is 1. The molecule has 0 fully saturated rings. The van der Waals surface area contributed by atoms with Crippen LogP contribution in [0.1, 0.15) is 29.8 Å². The Kier molecular flexibility index (Phi) is 3.72. The maximum atomic E-state index is 13.7. The molecule has 5 heteroatoms. The van der Waals surface area contributed by atoms with Crippen molar-refractivity contribution in [1.82, 2.24) is 10.5 Å². The van der Waals surface area contributed by atoms with Crippen molar-refractivity contribution in [3.63, 3.8) is 0 Å². The predicted octanol–water partition coefficient (Wildman–Crippen LogP) is 3.11. The van der Waals surface area contributed by atoms with Gasteiger partial charge in [-0.3, -0.25) is 0 Å². The minimum absolute atomic E-state index is 0.306. The van der Waals surface area contributed by atoms with Gasteiger partial charge >= 0.3 is 0 Å². The van der Waals surface area contributed by atoms with Crippen molar-refractivity contribution in [3.05, 3.63) is 52.9 Å². The standard InChI is InChI=1S/C13H14F2N2O/c1-8-5-13(15)11(6-12(8)14)9(2)16-7-10-3-4-18-17-10/h3-6,9,16H,7H2,1-2H3. The molecule has 0 aliphatic rings. The molecule has 96 valence electrons. The number of aromatic nitrogens is 1. The van der Waals surface area contributed by atoms with Gasteiger partial charge in [-0.2, -0.15) is 0 Å². The van der Waals surface area contributed by atoms with Gasteiger partial charge in [0.05, 0.1) is 5.69 Å². The van der Waals surface area contributed by atoms with E-state index in [9.17, 15) is 8.78 Å². The van der Waals surface area contributed by atoms with Crippen molar-refractivity contribution in [2.45, 2.75) is 26.4 Å². The molecule has 0 saturated heterocycles. The monoisotopic (exact) mass is 252 g/mol. The summed E-state index contributed by atoms with van der Waals surface area (Å²) in [7, 11) is 0. The summed E-state index contributed by atoms with van der Waals surface area (Å²) >= 11 is 0. The highest BCUT2D eigenvalue weighted by atomic mass is 19.1. The lowest BCUT2D eigenvalue weighted by atomic mass is 10.0. The van der Waals surface area contributed by atoms with E-state index >= 15 is 0 Å². The molecule has 0 saturated carbocycles. The Morgan fingerprint density at radius 3 is 2.78 bits per heavy atom. The molecule has 1 aromatic carbocycles. The van der Waals surface area contributed by atoms with E-state index in [1.165, 1.54) is 25.3 Å². The van der Waals surface area contributed by atoms with Crippen LogP contribution in [0.5, 0.6) is 0 Å². The van der Waals surface area contributed by atoms with E-state index < -0.39 is 11.6 Å². The zero-order valence-corrected chi connectivity index (χ0v) is 10.2. The summed E-state index contributed by atoms with van der Waals surface area (Å²) in [4.78, 5) is 0. The Hall–Kier alpha value is -1.75. The number of nitrogens with one attached hydrogen (secondary N) is 1. The fourth-order valence-electron chi connectivity index (χ4n) is 1.69. The second kappa shape index (κ2) is 5.27. The van der Waals surface area contributed by atoms with Crippen LogP contribution < -0.4 is 5.32 Å². The molecule has 1 unspecified atom stereocenters. The zero-order valence-electron chi connectivity index (χ0n) is 10.2. The number of hydrogen-bond donors (Lipinski definition) is 1. The lowest BCUT2D eigenvalue weighted by Gasteiger charge is -2.15. The molecule has 1 aromatic heterocycles. The highest BCUT2D eigenvalue weighted by Crippen LogP contribution is 2.20. The smallest absolute Gasteiger partial charge is 0.128 e. The van der Waals surface area contributed by atoms with Gasteiger partial charge in [0.2, 0.25) is 0 Å². The van der Waals surface area contributed by atoms with Crippen molar-refractivity contribution in [1.29, 1.82) is 0 Å². The van der Waals surface area contributed by atoms with Crippen LogP contribution in [0.25, 0.3) is 0 Å². The number of rotatable bonds is 4. The van der Waals surface area contributed by atoms with Crippen LogP contribution in [-0.4, -0.2) is 5.16 Å². The molecular formula is C13H14F2N2O. The molecule has 0 radical (unpaired) electrons. The predicted molar refractivity (Wildman–Crippen MR) is 62.9 cm³/mol. The molecule has 3 nitrogen and oxygen atoms in total. The molecular weight excluding hydrogens is 238 g/mol. The van der Waals surface area contributed by atoms with E-state index in [2.05, 4.69) is 15.0 Å². The molecule has 0 amide bonds. The van der Waals surface area contributed by atoms with Crippen LogP contribution in [-0.2, 0) is 6.54 Å². The van der Waals surface area contributed by atoms with Crippen LogP contribution in [0, 0.1) is 18.6 Å². The molecule has 2 aromatic rings. The van der Waals surface area contributed by atoms with E-state index in [1.807, 2.05) is 0 Å². The third-order valence-electron chi connectivity index (χ3n) is 2.83. The molecule has 2 rings (SSSR count). The van der Waals surface area contributed by atoms with Gasteiger partial charge in [0.25, 0.3) is 0 Å². The minimum atomic E-state index is -0.408. The van der Waals surface area contributed by atoms with Crippen molar-refractivity contribution in [3.8, 4) is 0 Å². The van der Waals surface area contributed by atoms with Gasteiger partial charge in [-0.15, -0.1) is 0 Å². The lowest BCUT2D eigenvalue weighted by molar-refractivity contribution is 0.405. The maximum Gasteiger partial charge on any atom is 0.128 e. The van der Waals surface area contributed by atoms with Gasteiger partial charge in [0, 0.05) is 24.2 Å². The highest BCUT2D eigenvalue weighted by Gasteiger charge is 2.13. The average molecular weight is 252 g/mol. The summed E-state index contributed by atoms with van der Waals surface area (Å²) in [6, 6.07) is 3.84. The minimum Gasteiger partial charge on any atom is -0.364 e. The number of hydrogen-bond acceptors (Lipinski definition) is 3. The van der Waals surface area contributed by atoms with Crippen LogP contribution in [0.4, 0.5) is 8.78 Å². The SMILES string of the molecule is Cc1cc(F)c(C(C)NCc2ccon2)cc1F. The third-order valence-corrected chi connectivity index (χ3v) is 2.83. The maximum absolute atomic E-state index is 13.7. The second-order valence-electron chi connectivity index (χ2n) is 4.22. The molecule has 0 spiro atoms. The van der Waals surface area contributed by atoms with Gasteiger partial charge in [-0.05, 0) is 31.5 Å². The van der Waals surface area contributed by atoms with Gasteiger partial charge in [0.1, 0.15) is 17.9 Å². The summed E-state index contributed by atoms with van der Waals surface area (Å²) < 4.78 is 31.8. The Morgan fingerprint density at radius 1 is 1.33 bits per heavy atom. The lowest BCUT2D eigenvalue weighted by Crippen LogP contribution is -2.19. The van der Waals surface area contributed by atoms with Gasteiger partial charge in [-0.1, -0.05) is 5.16 Å². The first kappa shape index (κ1) is 12.7. The largest absolute Gasteiger partial charge is 0.364 e. The van der Waals surface area contributed by atoms with Crippen LogP contribution >= 0.6 is 0 Å². The summed E-state index contributed by atoms with van der Waals surface area (Å²) in [5, 5.41) is 6.79. The van der Waals surface area contributed by atoms with Crippen molar-refractivity contribution in [2.24, 2.45) is 0 Å². The van der Waals surface area contributed by atoms with Gasteiger partial charge < -0.3 is 9.84 Å². The zero-order chi connectivity index (χ0) is 13.1. The van der Waals surface area contributed by atoms with E-state index in [-0.39, 0.29) is 6.04 Å². The van der Waals surface area contributed by atoms with Crippen LogP contribution in [0.2, 0.25) is 0 Å². The fraction of sp³-hybridized carbons (Fsp3) is 0.308. The average Bonchev–Trinajstić information content (AvgIpc) is 2.84. The summed E-state index contributed by atoms with van der Waals surface area (Å²) in [6.45, 7) is 3.75. The normalized spacial score (nSPS) is 12.7. The summed E-state index contributed by atoms with van der Waals surface area (Å²) in [5.41, 5.74) is 1.33. The van der Waals surface area contributed by atoms with Gasteiger partial charge in [0.15, 0.2) is 0 Å². The second-order valence-corrected chi connectivity index (χ2v) is 4.22. The first-order valence-corrected chi connectivity index (χ1v) is 5.66. The van der Waals surface area contributed by atoms with Crippen molar-refractivity contribution < 1.29 is 13.3 Å². The fourth-order valence-corrected chi connectivity index (χ4v) is 1.69. The molecule has 1 heterocycles. The Labute approximate surface area is 104 Å². The van der Waals surface area contributed by atoms with Gasteiger partial charge in [-0.25, -0.2) is 8.78 Å². The molecule has 1 atom stereocenters. The van der Waals surface area contributed by atoms with E-state index in [0.717, 1.165) is 5.69 Å². The summed E-state index contributed by atoms with van der Waals surface area (Å²) in [6.07, 6.45) is 1.47. The number of nitrogens with zero attached hydrogens (tertiary/aromatic N) is 1. The molecule has 18 heavy (non-hydrogen) atoms. The Balaban J connectivity index is 2.09. The van der Waals surface area contributed by atoms with Crippen LogP contribution in [0.15, 0.2) is 29.0 Å². The molecule has 0 bridgehead atoms. The Morgan fingerprint density at radius 2 is 2.11 bits per heavy atom. The van der Waals surface area contributed by atoms with E-state index in [4.69, 9.17) is 0 Å². The highest BCUT2D eigenvalue weighted by molar-refractivity contribution is 5.27. The quantitative estimate of drug-likeness (QED) is 0.908. The third kappa shape index (κ3) is 2.73. The van der Waals surface area contributed by atoms with E-state index in [1.54, 1.807) is 13.0 Å². The number of halogens is 2.